The van der Waals surface area contributed by atoms with Crippen LogP contribution in [0.1, 0.15) is 19.3 Å². The van der Waals surface area contributed by atoms with Crippen LogP contribution in [0, 0.1) is 6.54 Å². The van der Waals surface area contributed by atoms with Gasteiger partial charge in [0.2, 0.25) is 0 Å². The van der Waals surface area contributed by atoms with E-state index in [4.69, 9.17) is 0 Å². The number of piperidine rings is 1. The molecule has 0 spiro atoms. The first-order valence-electron chi connectivity index (χ1n) is 2.46. The topological polar surface area (TPSA) is 12.0 Å². The zero-order valence-electron chi connectivity index (χ0n) is 3.83. The van der Waals surface area contributed by atoms with Gasteiger partial charge in [0, 0.05) is 0 Å². The maximum absolute atomic E-state index is 3.03. The third-order valence-corrected chi connectivity index (χ3v) is 0.979. The van der Waals surface area contributed by atoms with Crippen molar-refractivity contribution in [2.45, 2.75) is 19.3 Å². The zero-order chi connectivity index (χ0) is 4.24. The van der Waals surface area contributed by atoms with E-state index in [1.807, 2.05) is 0 Å². The van der Waals surface area contributed by atoms with Crippen molar-refractivity contribution in [2.24, 2.45) is 0 Å². The Morgan fingerprint density at radius 3 is 2.50 bits per heavy atom. The van der Waals surface area contributed by atoms with Crippen LogP contribution in [0.4, 0.5) is 0 Å². The van der Waals surface area contributed by atoms with Crippen LogP contribution in [0.5, 0.6) is 0 Å². The first-order valence-corrected chi connectivity index (χ1v) is 2.46. The molecule has 0 atom stereocenters. The Bertz CT molecular complexity index is 19.4. The van der Waals surface area contributed by atoms with Gasteiger partial charge in [0.15, 0.2) is 0 Å². The average molecular weight is 83.1 g/mol. The zero-order valence-corrected chi connectivity index (χ0v) is 3.83. The van der Waals surface area contributed by atoms with Gasteiger partial charge in [-0.25, -0.2) is 0 Å². The SMILES string of the molecule is [C]1CCCCN1. The molecule has 1 heteroatoms. The van der Waals surface area contributed by atoms with E-state index < -0.39 is 0 Å². The van der Waals surface area contributed by atoms with E-state index in [1.165, 1.54) is 12.8 Å². The molecule has 1 fully saturated rings. The normalized spacial score (nSPS) is 24.0. The minimum Gasteiger partial charge on any atom is -0.308 e. The lowest BCUT2D eigenvalue weighted by Crippen LogP contribution is -2.15. The summed E-state index contributed by atoms with van der Waals surface area (Å²) in [6, 6.07) is 0. The summed E-state index contributed by atoms with van der Waals surface area (Å²) in [5.74, 6) is 0. The van der Waals surface area contributed by atoms with Crippen LogP contribution in [0.3, 0.4) is 0 Å². The molecule has 1 saturated heterocycles. The molecule has 1 aliphatic heterocycles. The summed E-state index contributed by atoms with van der Waals surface area (Å²) in [4.78, 5) is 0. The first-order chi connectivity index (χ1) is 3.00. The van der Waals surface area contributed by atoms with Crippen molar-refractivity contribution in [1.82, 2.24) is 5.32 Å². The number of nitrogens with one attached hydrogen (secondary N) is 1. The molecule has 0 aromatic carbocycles. The predicted molar refractivity (Wildman–Crippen MR) is 25.1 cm³/mol. The fourth-order valence-electron chi connectivity index (χ4n) is 0.604. The van der Waals surface area contributed by atoms with Crippen molar-refractivity contribution in [3.8, 4) is 0 Å². The molecule has 1 N–H and O–H groups in total. The van der Waals surface area contributed by atoms with Gasteiger partial charge < -0.3 is 5.32 Å². The summed E-state index contributed by atoms with van der Waals surface area (Å²) in [5.41, 5.74) is 0. The van der Waals surface area contributed by atoms with Gasteiger partial charge in [-0.2, -0.15) is 0 Å². The molecule has 0 aliphatic carbocycles. The molecule has 6 heavy (non-hydrogen) atoms. The van der Waals surface area contributed by atoms with Crippen molar-refractivity contribution < 1.29 is 0 Å². The van der Waals surface area contributed by atoms with Crippen LogP contribution in [0.15, 0.2) is 0 Å². The second kappa shape index (κ2) is 2.19. The molecule has 2 radical (unpaired) electrons. The number of rotatable bonds is 0. The quantitative estimate of drug-likeness (QED) is 0.456. The molecule has 1 heterocycles. The molecule has 0 unspecified atom stereocenters. The van der Waals surface area contributed by atoms with Gasteiger partial charge in [-0.05, 0) is 19.4 Å². The van der Waals surface area contributed by atoms with Crippen LogP contribution < -0.4 is 5.32 Å². The van der Waals surface area contributed by atoms with Crippen molar-refractivity contribution in [2.75, 3.05) is 6.54 Å². The standard InChI is InChI=1S/C5H9N/c1-2-4-6-5-3-1/h6H,1-4H2. The molecule has 0 aromatic heterocycles. The third kappa shape index (κ3) is 0.977. The average Bonchev–Trinajstić information content (AvgIpc) is 1.72. The van der Waals surface area contributed by atoms with Crippen molar-refractivity contribution in [3.63, 3.8) is 0 Å². The van der Waals surface area contributed by atoms with Crippen molar-refractivity contribution in [3.05, 3.63) is 6.54 Å². The van der Waals surface area contributed by atoms with Gasteiger partial charge in [0.25, 0.3) is 0 Å². The fraction of sp³-hybridized carbons (Fsp3) is 0.800. The Balaban J connectivity index is 2.00. The lowest BCUT2D eigenvalue weighted by Gasteiger charge is -2.07. The van der Waals surface area contributed by atoms with Gasteiger partial charge in [0.05, 0.1) is 6.54 Å². The van der Waals surface area contributed by atoms with Crippen LogP contribution in [-0.4, -0.2) is 6.54 Å². The Morgan fingerprint density at radius 1 is 1.33 bits per heavy atom. The summed E-state index contributed by atoms with van der Waals surface area (Å²) < 4.78 is 0. The minimum absolute atomic E-state index is 1.14. The van der Waals surface area contributed by atoms with Gasteiger partial charge in [-0.3, -0.25) is 0 Å². The van der Waals surface area contributed by atoms with E-state index in [9.17, 15) is 0 Å². The van der Waals surface area contributed by atoms with Crippen molar-refractivity contribution >= 4 is 0 Å². The molecular formula is C5H9N. The highest BCUT2D eigenvalue weighted by atomic mass is 14.9. The smallest absolute Gasteiger partial charge is 0.0586 e. The Labute approximate surface area is 38.7 Å². The maximum Gasteiger partial charge on any atom is 0.0586 e. The molecular weight excluding hydrogens is 74.1 g/mol. The Morgan fingerprint density at radius 2 is 2.33 bits per heavy atom. The highest BCUT2D eigenvalue weighted by Gasteiger charge is 1.95. The van der Waals surface area contributed by atoms with Gasteiger partial charge in [-0.1, -0.05) is 6.42 Å². The molecule has 0 saturated carbocycles. The molecule has 1 rings (SSSR count). The van der Waals surface area contributed by atoms with Crippen LogP contribution in [-0.2, 0) is 0 Å². The summed E-state index contributed by atoms with van der Waals surface area (Å²) in [6.07, 6.45) is 3.79. The first kappa shape index (κ1) is 4.13. The van der Waals surface area contributed by atoms with Gasteiger partial charge in [0.1, 0.15) is 0 Å². The second-order valence-corrected chi connectivity index (χ2v) is 1.56. The van der Waals surface area contributed by atoms with Crippen LogP contribution in [0.2, 0.25) is 0 Å². The van der Waals surface area contributed by atoms with E-state index in [2.05, 4.69) is 11.9 Å². The van der Waals surface area contributed by atoms with E-state index in [-0.39, 0.29) is 0 Å². The highest BCUT2D eigenvalue weighted by Crippen LogP contribution is 2.00. The van der Waals surface area contributed by atoms with Gasteiger partial charge >= 0.3 is 0 Å². The molecule has 1 nitrogen and oxygen atoms in total. The third-order valence-electron chi connectivity index (χ3n) is 0.979. The number of hydrogen-bond acceptors (Lipinski definition) is 1. The molecule has 0 bridgehead atoms. The highest BCUT2D eigenvalue weighted by molar-refractivity contribution is 4.67. The van der Waals surface area contributed by atoms with Gasteiger partial charge in [-0.15, -0.1) is 0 Å². The summed E-state index contributed by atoms with van der Waals surface area (Å²) in [7, 11) is 0. The summed E-state index contributed by atoms with van der Waals surface area (Å²) in [5, 5.41) is 3.03. The lowest BCUT2D eigenvalue weighted by molar-refractivity contribution is 0.581. The maximum atomic E-state index is 3.03. The molecule has 0 amide bonds. The molecule has 34 valence electrons. The van der Waals surface area contributed by atoms with Crippen molar-refractivity contribution in [1.29, 1.82) is 0 Å². The predicted octanol–water partition coefficient (Wildman–Crippen LogP) is 0.799. The van der Waals surface area contributed by atoms with Crippen LogP contribution >= 0.6 is 0 Å². The largest absolute Gasteiger partial charge is 0.308 e. The monoisotopic (exact) mass is 83.1 g/mol. The van der Waals surface area contributed by atoms with Crippen LogP contribution in [0.25, 0.3) is 0 Å². The summed E-state index contributed by atoms with van der Waals surface area (Å²) >= 11 is 0. The second-order valence-electron chi connectivity index (χ2n) is 1.56. The van der Waals surface area contributed by atoms with E-state index in [0.29, 0.717) is 0 Å². The molecule has 0 aromatic rings. The van der Waals surface area contributed by atoms with E-state index >= 15 is 0 Å². The van der Waals surface area contributed by atoms with E-state index in [0.717, 1.165) is 13.0 Å². The number of hydrogen-bond donors (Lipinski definition) is 1. The Kier molecular flexibility index (Phi) is 1.51. The Hall–Kier alpha value is -0.0400. The van der Waals surface area contributed by atoms with E-state index in [1.54, 1.807) is 0 Å². The fourth-order valence-corrected chi connectivity index (χ4v) is 0.604. The molecule has 1 aliphatic rings. The summed E-state index contributed by atoms with van der Waals surface area (Å²) in [6.45, 7) is 4.17. The lowest BCUT2D eigenvalue weighted by atomic mass is 10.2. The minimum atomic E-state index is 1.14.